The van der Waals surface area contributed by atoms with Crippen molar-refractivity contribution in [3.8, 4) is 11.3 Å². The number of rotatable bonds is 4. The van der Waals surface area contributed by atoms with Gasteiger partial charge < -0.3 is 9.73 Å². The molecular weight excluding hydrogens is 351 g/mol. The zero-order chi connectivity index (χ0) is 12.3. The summed E-state index contributed by atoms with van der Waals surface area (Å²) in [5.74, 6) is 1.44. The summed E-state index contributed by atoms with van der Waals surface area (Å²) in [5, 5.41) is 3.90. The van der Waals surface area contributed by atoms with E-state index >= 15 is 0 Å². The number of hydrogen-bond donors (Lipinski definition) is 1. The highest BCUT2D eigenvalue weighted by atomic mass is 127. The first-order valence-corrected chi connectivity index (χ1v) is 6.77. The molecule has 0 fully saturated rings. The third-order valence-electron chi connectivity index (χ3n) is 2.28. The Morgan fingerprint density at radius 2 is 2.29 bits per heavy atom. The minimum absolute atomic E-state index is 0.647. The Hall–Kier alpha value is -0.590. The topological polar surface area (TPSA) is 38.1 Å². The summed E-state index contributed by atoms with van der Waals surface area (Å²) in [5.41, 5.74) is 0.950. The Morgan fingerprint density at radius 1 is 1.47 bits per heavy atom. The molecule has 0 aliphatic rings. The van der Waals surface area contributed by atoms with Gasteiger partial charge in [0, 0.05) is 9.13 Å². The Labute approximate surface area is 119 Å². The van der Waals surface area contributed by atoms with E-state index in [-0.39, 0.29) is 0 Å². The van der Waals surface area contributed by atoms with E-state index in [1.165, 1.54) is 0 Å². The average Bonchev–Trinajstić information content (AvgIpc) is 2.79. The van der Waals surface area contributed by atoms with Gasteiger partial charge >= 0.3 is 0 Å². The van der Waals surface area contributed by atoms with Gasteiger partial charge in [-0.2, -0.15) is 0 Å². The van der Waals surface area contributed by atoms with Gasteiger partial charge in [-0.15, -0.1) is 0 Å². The van der Waals surface area contributed by atoms with Crippen LogP contribution in [0.15, 0.2) is 28.8 Å². The van der Waals surface area contributed by atoms with Crippen LogP contribution in [0.4, 0.5) is 0 Å². The third kappa shape index (κ3) is 3.20. The Morgan fingerprint density at radius 3 is 3.00 bits per heavy atom. The standard InChI is InChI=1S/C12H12ClIN2O/c1-2-15-7-12-16-6-11(17-12)8-3-4-10(14)9(13)5-8/h3-6,15H,2,7H2,1H3. The highest BCUT2D eigenvalue weighted by Gasteiger charge is 2.07. The molecule has 0 atom stereocenters. The van der Waals surface area contributed by atoms with Crippen LogP contribution in [-0.4, -0.2) is 11.5 Å². The van der Waals surface area contributed by atoms with Crippen molar-refractivity contribution < 1.29 is 4.42 Å². The molecule has 0 aliphatic heterocycles. The molecule has 0 aliphatic carbocycles. The summed E-state index contributed by atoms with van der Waals surface area (Å²) in [4.78, 5) is 4.21. The first-order chi connectivity index (χ1) is 8.20. The zero-order valence-electron chi connectivity index (χ0n) is 9.34. The van der Waals surface area contributed by atoms with Crippen LogP contribution in [-0.2, 0) is 6.54 Å². The second-order valence-corrected chi connectivity index (χ2v) is 5.10. The third-order valence-corrected chi connectivity index (χ3v) is 3.86. The lowest BCUT2D eigenvalue weighted by molar-refractivity contribution is 0.482. The second kappa shape index (κ2) is 5.84. The number of nitrogens with one attached hydrogen (secondary N) is 1. The minimum Gasteiger partial charge on any atom is -0.439 e. The van der Waals surface area contributed by atoms with Gasteiger partial charge in [-0.3, -0.25) is 0 Å². The van der Waals surface area contributed by atoms with Crippen LogP contribution in [0.1, 0.15) is 12.8 Å². The van der Waals surface area contributed by atoms with Crippen LogP contribution in [0.25, 0.3) is 11.3 Å². The normalized spacial score (nSPS) is 10.8. The van der Waals surface area contributed by atoms with Crippen LogP contribution in [0, 0.1) is 3.57 Å². The molecule has 0 saturated heterocycles. The molecule has 3 nitrogen and oxygen atoms in total. The fourth-order valence-corrected chi connectivity index (χ4v) is 1.92. The number of benzene rings is 1. The Balaban J connectivity index is 2.21. The maximum absolute atomic E-state index is 6.07. The molecule has 1 heterocycles. The van der Waals surface area contributed by atoms with Gasteiger partial charge in [0.25, 0.3) is 0 Å². The lowest BCUT2D eigenvalue weighted by Gasteiger charge is -1.99. The summed E-state index contributed by atoms with van der Waals surface area (Å²) in [6, 6.07) is 5.83. The van der Waals surface area contributed by atoms with Crippen molar-refractivity contribution in [3.05, 3.63) is 38.9 Å². The van der Waals surface area contributed by atoms with Gasteiger partial charge in [0.15, 0.2) is 5.76 Å². The van der Waals surface area contributed by atoms with Crippen molar-refractivity contribution in [1.82, 2.24) is 10.3 Å². The molecule has 1 aromatic heterocycles. The van der Waals surface area contributed by atoms with E-state index in [2.05, 4.69) is 32.9 Å². The molecule has 0 radical (unpaired) electrons. The number of halogens is 2. The molecule has 90 valence electrons. The van der Waals surface area contributed by atoms with E-state index in [0.717, 1.165) is 26.5 Å². The van der Waals surface area contributed by atoms with Gasteiger partial charge in [0.2, 0.25) is 5.89 Å². The van der Waals surface area contributed by atoms with Gasteiger partial charge in [0.05, 0.1) is 17.8 Å². The van der Waals surface area contributed by atoms with Gasteiger partial charge in [-0.05, 0) is 41.3 Å². The molecule has 2 aromatic rings. The van der Waals surface area contributed by atoms with Crippen molar-refractivity contribution in [2.24, 2.45) is 0 Å². The van der Waals surface area contributed by atoms with Crippen molar-refractivity contribution in [1.29, 1.82) is 0 Å². The summed E-state index contributed by atoms with van der Waals surface area (Å²) in [6.45, 7) is 3.59. The van der Waals surface area contributed by atoms with Gasteiger partial charge in [-0.25, -0.2) is 4.98 Å². The van der Waals surface area contributed by atoms with E-state index < -0.39 is 0 Å². The van der Waals surface area contributed by atoms with Crippen LogP contribution >= 0.6 is 34.2 Å². The Kier molecular flexibility index (Phi) is 4.42. The summed E-state index contributed by atoms with van der Waals surface area (Å²) < 4.78 is 6.66. The van der Waals surface area contributed by atoms with Crippen molar-refractivity contribution in [3.63, 3.8) is 0 Å². The number of hydrogen-bond acceptors (Lipinski definition) is 3. The van der Waals surface area contributed by atoms with Gasteiger partial charge in [-0.1, -0.05) is 24.6 Å². The SMILES string of the molecule is CCNCc1ncc(-c2ccc(I)c(Cl)c2)o1. The molecule has 1 aromatic carbocycles. The molecule has 0 amide bonds. The number of oxazole rings is 1. The predicted molar refractivity (Wildman–Crippen MR) is 77.0 cm³/mol. The maximum atomic E-state index is 6.07. The molecular formula is C12H12ClIN2O. The van der Waals surface area contributed by atoms with E-state index in [1.807, 2.05) is 25.1 Å². The fraction of sp³-hybridized carbons (Fsp3) is 0.250. The molecule has 0 saturated carbocycles. The number of aromatic nitrogens is 1. The second-order valence-electron chi connectivity index (χ2n) is 3.53. The van der Waals surface area contributed by atoms with Gasteiger partial charge in [0.1, 0.15) is 0 Å². The lowest BCUT2D eigenvalue weighted by Crippen LogP contribution is -2.11. The summed E-state index contributed by atoms with van der Waals surface area (Å²) in [6.07, 6.45) is 1.73. The fourth-order valence-electron chi connectivity index (χ4n) is 1.41. The monoisotopic (exact) mass is 362 g/mol. The molecule has 5 heteroatoms. The van der Waals surface area contributed by atoms with Crippen LogP contribution in [0.5, 0.6) is 0 Å². The van der Waals surface area contributed by atoms with E-state index in [1.54, 1.807) is 6.20 Å². The molecule has 1 N–H and O–H groups in total. The van der Waals surface area contributed by atoms with E-state index in [4.69, 9.17) is 16.0 Å². The number of nitrogens with zero attached hydrogens (tertiary/aromatic N) is 1. The van der Waals surface area contributed by atoms with Crippen molar-refractivity contribution in [2.45, 2.75) is 13.5 Å². The van der Waals surface area contributed by atoms with Crippen LogP contribution in [0.3, 0.4) is 0 Å². The largest absolute Gasteiger partial charge is 0.439 e. The molecule has 17 heavy (non-hydrogen) atoms. The van der Waals surface area contributed by atoms with E-state index in [9.17, 15) is 0 Å². The van der Waals surface area contributed by atoms with E-state index in [0.29, 0.717) is 12.4 Å². The highest BCUT2D eigenvalue weighted by Crippen LogP contribution is 2.26. The lowest BCUT2D eigenvalue weighted by atomic mass is 10.2. The maximum Gasteiger partial charge on any atom is 0.208 e. The average molecular weight is 363 g/mol. The smallest absolute Gasteiger partial charge is 0.208 e. The quantitative estimate of drug-likeness (QED) is 0.843. The molecule has 0 unspecified atom stereocenters. The summed E-state index contributed by atoms with van der Waals surface area (Å²) >= 11 is 8.27. The zero-order valence-corrected chi connectivity index (χ0v) is 12.2. The minimum atomic E-state index is 0.647. The first-order valence-electron chi connectivity index (χ1n) is 5.31. The van der Waals surface area contributed by atoms with Crippen LogP contribution in [0.2, 0.25) is 5.02 Å². The predicted octanol–water partition coefficient (Wildman–Crippen LogP) is 3.71. The molecule has 2 rings (SSSR count). The summed E-state index contributed by atoms with van der Waals surface area (Å²) in [7, 11) is 0. The Bertz CT molecular complexity index is 513. The van der Waals surface area contributed by atoms with Crippen molar-refractivity contribution >= 4 is 34.2 Å². The first kappa shape index (κ1) is 12.9. The van der Waals surface area contributed by atoms with Crippen molar-refractivity contribution in [2.75, 3.05) is 6.54 Å². The molecule has 0 bridgehead atoms. The highest BCUT2D eigenvalue weighted by molar-refractivity contribution is 14.1. The molecule has 0 spiro atoms. The van der Waals surface area contributed by atoms with Crippen LogP contribution < -0.4 is 5.32 Å².